The van der Waals surface area contributed by atoms with Gasteiger partial charge in [0.15, 0.2) is 0 Å². The van der Waals surface area contributed by atoms with E-state index >= 15 is 0 Å². The third-order valence-corrected chi connectivity index (χ3v) is 3.99. The average Bonchev–Trinajstić information content (AvgIpc) is 2.38. The van der Waals surface area contributed by atoms with Crippen LogP contribution in [0.4, 0.5) is 0 Å². The molecule has 1 aromatic rings. The Hall–Kier alpha value is -0.860. The van der Waals surface area contributed by atoms with Crippen LogP contribution in [0.5, 0.6) is 0 Å². The molecule has 20 heavy (non-hydrogen) atoms. The summed E-state index contributed by atoms with van der Waals surface area (Å²) in [5, 5.41) is 3.50. The number of nitrogens with one attached hydrogen (secondary N) is 1. The van der Waals surface area contributed by atoms with E-state index in [4.69, 9.17) is 0 Å². The molecule has 0 heterocycles. The fourth-order valence-electron chi connectivity index (χ4n) is 2.92. The SMILES string of the molecule is CNC(c1ccc(C)cc1)C(C)N(CC(C)C)C(C)C. The van der Waals surface area contributed by atoms with Crippen molar-refractivity contribution in [2.45, 2.75) is 59.7 Å². The Kier molecular flexibility index (Phi) is 6.70. The van der Waals surface area contributed by atoms with Crippen LogP contribution in [0.1, 0.15) is 51.8 Å². The highest BCUT2D eigenvalue weighted by molar-refractivity contribution is 5.25. The molecule has 2 nitrogen and oxygen atoms in total. The maximum Gasteiger partial charge on any atom is 0.0473 e. The van der Waals surface area contributed by atoms with E-state index in [2.05, 4.69) is 83.1 Å². The molecule has 114 valence electrons. The van der Waals surface area contributed by atoms with E-state index in [1.165, 1.54) is 11.1 Å². The Balaban J connectivity index is 2.93. The molecule has 0 fully saturated rings. The van der Waals surface area contributed by atoms with Crippen LogP contribution in [0.25, 0.3) is 0 Å². The third-order valence-electron chi connectivity index (χ3n) is 3.99. The molecular formula is C18H32N2. The van der Waals surface area contributed by atoms with Crippen LogP contribution < -0.4 is 5.32 Å². The number of nitrogens with zero attached hydrogens (tertiary/aromatic N) is 1. The smallest absolute Gasteiger partial charge is 0.0473 e. The fourth-order valence-corrected chi connectivity index (χ4v) is 2.92. The highest BCUT2D eigenvalue weighted by Gasteiger charge is 2.26. The molecule has 2 unspecified atom stereocenters. The Morgan fingerprint density at radius 2 is 1.55 bits per heavy atom. The maximum absolute atomic E-state index is 3.50. The summed E-state index contributed by atoms with van der Waals surface area (Å²) in [5.41, 5.74) is 2.69. The molecule has 0 aliphatic carbocycles. The first kappa shape index (κ1) is 17.2. The number of likely N-dealkylation sites (N-methyl/N-ethyl adjacent to an activating group) is 1. The van der Waals surface area contributed by atoms with Gasteiger partial charge in [0, 0.05) is 24.7 Å². The Bertz CT molecular complexity index is 381. The molecule has 1 N–H and O–H groups in total. The number of rotatable bonds is 7. The van der Waals surface area contributed by atoms with Crippen LogP contribution in [-0.2, 0) is 0 Å². The second-order valence-corrected chi connectivity index (χ2v) is 6.60. The van der Waals surface area contributed by atoms with Crippen molar-refractivity contribution in [1.82, 2.24) is 10.2 Å². The molecule has 0 saturated carbocycles. The molecule has 0 aromatic heterocycles. The van der Waals surface area contributed by atoms with Crippen LogP contribution in [0.2, 0.25) is 0 Å². The summed E-state index contributed by atoms with van der Waals surface area (Å²) in [6.07, 6.45) is 0. The van der Waals surface area contributed by atoms with Gasteiger partial charge in [-0.05, 0) is 46.2 Å². The lowest BCUT2D eigenvalue weighted by atomic mass is 9.96. The average molecular weight is 276 g/mol. The van der Waals surface area contributed by atoms with Crippen LogP contribution in [-0.4, -0.2) is 30.6 Å². The minimum Gasteiger partial charge on any atom is -0.312 e. The highest BCUT2D eigenvalue weighted by Crippen LogP contribution is 2.23. The van der Waals surface area contributed by atoms with Crippen LogP contribution in [0.15, 0.2) is 24.3 Å². The van der Waals surface area contributed by atoms with Gasteiger partial charge in [-0.15, -0.1) is 0 Å². The summed E-state index contributed by atoms with van der Waals surface area (Å²) in [6.45, 7) is 14.8. The van der Waals surface area contributed by atoms with E-state index in [1.807, 2.05) is 0 Å². The summed E-state index contributed by atoms with van der Waals surface area (Å²) < 4.78 is 0. The van der Waals surface area contributed by atoms with Crippen molar-refractivity contribution in [2.24, 2.45) is 5.92 Å². The van der Waals surface area contributed by atoms with Crippen molar-refractivity contribution < 1.29 is 0 Å². The first-order chi connectivity index (χ1) is 9.36. The zero-order valence-electron chi connectivity index (χ0n) is 14.3. The van der Waals surface area contributed by atoms with Crippen molar-refractivity contribution in [2.75, 3.05) is 13.6 Å². The van der Waals surface area contributed by atoms with Gasteiger partial charge in [0.25, 0.3) is 0 Å². The number of hydrogen-bond donors (Lipinski definition) is 1. The summed E-state index contributed by atoms with van der Waals surface area (Å²) in [6, 6.07) is 10.3. The van der Waals surface area contributed by atoms with E-state index in [0.717, 1.165) is 6.54 Å². The van der Waals surface area contributed by atoms with Crippen molar-refractivity contribution in [1.29, 1.82) is 0 Å². The van der Waals surface area contributed by atoms with Crippen LogP contribution >= 0.6 is 0 Å². The lowest BCUT2D eigenvalue weighted by Gasteiger charge is -2.38. The second kappa shape index (κ2) is 7.80. The minimum absolute atomic E-state index is 0.372. The van der Waals surface area contributed by atoms with Crippen molar-refractivity contribution in [3.63, 3.8) is 0 Å². The first-order valence-electron chi connectivity index (χ1n) is 7.86. The molecule has 0 saturated heterocycles. The Morgan fingerprint density at radius 1 is 1.00 bits per heavy atom. The molecule has 2 heteroatoms. The molecule has 0 spiro atoms. The second-order valence-electron chi connectivity index (χ2n) is 6.60. The van der Waals surface area contributed by atoms with E-state index in [0.29, 0.717) is 24.0 Å². The topological polar surface area (TPSA) is 15.3 Å². The molecule has 0 bridgehead atoms. The Morgan fingerprint density at radius 3 is 1.95 bits per heavy atom. The first-order valence-corrected chi connectivity index (χ1v) is 7.86. The predicted molar refractivity (Wildman–Crippen MR) is 89.1 cm³/mol. The summed E-state index contributed by atoms with van der Waals surface area (Å²) in [7, 11) is 2.06. The van der Waals surface area contributed by atoms with Crippen LogP contribution in [0.3, 0.4) is 0 Å². The fraction of sp³-hybridized carbons (Fsp3) is 0.667. The normalized spacial score (nSPS) is 15.1. The summed E-state index contributed by atoms with van der Waals surface area (Å²) >= 11 is 0. The quantitative estimate of drug-likeness (QED) is 0.809. The molecule has 0 aliphatic heterocycles. The zero-order chi connectivity index (χ0) is 15.3. The minimum atomic E-state index is 0.372. The van der Waals surface area contributed by atoms with Crippen LogP contribution in [0, 0.1) is 12.8 Å². The molecular weight excluding hydrogens is 244 g/mol. The third kappa shape index (κ3) is 4.60. The van der Waals surface area contributed by atoms with Crippen molar-refractivity contribution >= 4 is 0 Å². The van der Waals surface area contributed by atoms with E-state index in [-0.39, 0.29) is 0 Å². The van der Waals surface area contributed by atoms with Gasteiger partial charge in [0.05, 0.1) is 0 Å². The highest BCUT2D eigenvalue weighted by atomic mass is 15.2. The largest absolute Gasteiger partial charge is 0.312 e. The lowest BCUT2D eigenvalue weighted by Crippen LogP contribution is -2.47. The van der Waals surface area contributed by atoms with Gasteiger partial charge in [-0.3, -0.25) is 4.90 Å². The van der Waals surface area contributed by atoms with Gasteiger partial charge in [-0.25, -0.2) is 0 Å². The summed E-state index contributed by atoms with van der Waals surface area (Å²) in [5.74, 6) is 0.690. The van der Waals surface area contributed by atoms with Gasteiger partial charge >= 0.3 is 0 Å². The van der Waals surface area contributed by atoms with Gasteiger partial charge in [-0.1, -0.05) is 43.7 Å². The standard InChI is InChI=1S/C18H32N2/c1-13(2)12-20(14(3)4)16(6)18(19-7)17-10-8-15(5)9-11-17/h8-11,13-14,16,18-19H,12H2,1-7H3. The molecule has 2 atom stereocenters. The molecule has 0 amide bonds. The molecule has 1 aromatic carbocycles. The van der Waals surface area contributed by atoms with E-state index in [1.54, 1.807) is 0 Å². The molecule has 0 aliphatic rings. The molecule has 0 radical (unpaired) electrons. The monoisotopic (exact) mass is 276 g/mol. The number of aryl methyl sites for hydroxylation is 1. The zero-order valence-corrected chi connectivity index (χ0v) is 14.3. The number of hydrogen-bond acceptors (Lipinski definition) is 2. The van der Waals surface area contributed by atoms with Gasteiger partial charge in [0.1, 0.15) is 0 Å². The molecule has 1 rings (SSSR count). The van der Waals surface area contributed by atoms with Crippen molar-refractivity contribution in [3.05, 3.63) is 35.4 Å². The van der Waals surface area contributed by atoms with E-state index < -0.39 is 0 Å². The van der Waals surface area contributed by atoms with Gasteiger partial charge < -0.3 is 5.32 Å². The van der Waals surface area contributed by atoms with Gasteiger partial charge in [0.2, 0.25) is 0 Å². The summed E-state index contributed by atoms with van der Waals surface area (Å²) in [4.78, 5) is 2.60. The lowest BCUT2D eigenvalue weighted by molar-refractivity contribution is 0.118. The van der Waals surface area contributed by atoms with E-state index in [9.17, 15) is 0 Å². The maximum atomic E-state index is 3.50. The number of benzene rings is 1. The van der Waals surface area contributed by atoms with Crippen molar-refractivity contribution in [3.8, 4) is 0 Å². The predicted octanol–water partition coefficient (Wildman–Crippen LogP) is 4.01. The Labute approximate surface area is 125 Å². The van der Waals surface area contributed by atoms with Gasteiger partial charge in [-0.2, -0.15) is 0 Å².